The van der Waals surface area contributed by atoms with Gasteiger partial charge in [0.1, 0.15) is 0 Å². The van der Waals surface area contributed by atoms with Crippen LogP contribution in [0.4, 0.5) is 5.69 Å². The Morgan fingerprint density at radius 2 is 2.12 bits per heavy atom. The Labute approximate surface area is 205 Å². The van der Waals surface area contributed by atoms with Gasteiger partial charge >= 0.3 is 5.97 Å². The standard InChI is InChI=1S/C25H33ClN2O6/c1-17(7-5-9-22(30)27-14-6-8-19(27)16-29)25(33)20-15-18(26)11-12-21(20)28(24(25)32)13-4-3-10-23(31)34-2/h5,7,11-12,15,17,19,29,33H,3-4,6,8-10,13-14,16H2,1-2H3/b7-5+/t17-,19+,25+/m1/s1. The summed E-state index contributed by atoms with van der Waals surface area (Å²) in [5.41, 5.74) is -0.792. The van der Waals surface area contributed by atoms with E-state index >= 15 is 0 Å². The number of carbonyl (C=O) groups excluding carboxylic acids is 3. The summed E-state index contributed by atoms with van der Waals surface area (Å²) in [6.45, 7) is 2.66. The number of methoxy groups -OCH3 is 1. The molecular formula is C25H33ClN2O6. The number of benzene rings is 1. The van der Waals surface area contributed by atoms with Crippen LogP contribution in [0, 0.1) is 5.92 Å². The lowest BCUT2D eigenvalue weighted by atomic mass is 9.83. The maximum absolute atomic E-state index is 13.4. The second kappa shape index (κ2) is 11.3. The minimum Gasteiger partial charge on any atom is -0.469 e. The monoisotopic (exact) mass is 492 g/mol. The van der Waals surface area contributed by atoms with E-state index in [2.05, 4.69) is 4.74 Å². The number of hydrogen-bond donors (Lipinski definition) is 2. The number of unbranched alkanes of at least 4 members (excludes halogenated alkanes) is 1. The maximum Gasteiger partial charge on any atom is 0.305 e. The van der Waals surface area contributed by atoms with Gasteiger partial charge in [-0.05, 0) is 43.9 Å². The second-order valence-electron chi connectivity index (χ2n) is 8.90. The number of aliphatic hydroxyl groups excluding tert-OH is 1. The van der Waals surface area contributed by atoms with Gasteiger partial charge in [-0.15, -0.1) is 0 Å². The molecule has 1 fully saturated rings. The number of aliphatic hydroxyl groups is 2. The van der Waals surface area contributed by atoms with E-state index in [1.165, 1.54) is 12.0 Å². The zero-order chi connectivity index (χ0) is 24.9. The number of esters is 1. The quantitative estimate of drug-likeness (QED) is 0.295. The molecule has 34 heavy (non-hydrogen) atoms. The molecule has 0 aromatic heterocycles. The van der Waals surface area contributed by atoms with Gasteiger partial charge < -0.3 is 24.7 Å². The molecule has 2 N–H and O–H groups in total. The van der Waals surface area contributed by atoms with E-state index < -0.39 is 17.4 Å². The van der Waals surface area contributed by atoms with Gasteiger partial charge in [0.05, 0.1) is 25.4 Å². The van der Waals surface area contributed by atoms with E-state index in [-0.39, 0.29) is 37.4 Å². The number of ether oxygens (including phenoxy) is 1. The van der Waals surface area contributed by atoms with Crippen molar-refractivity contribution in [3.8, 4) is 0 Å². The van der Waals surface area contributed by atoms with Crippen LogP contribution in [-0.2, 0) is 24.7 Å². The van der Waals surface area contributed by atoms with Crippen molar-refractivity contribution in [2.45, 2.75) is 57.1 Å². The molecule has 2 amide bonds. The SMILES string of the molecule is COC(=O)CCCCN1C(=O)[C@](O)([C@H](C)/C=C/CC(=O)N2CCC[C@H]2CO)c2cc(Cl)ccc21. The van der Waals surface area contributed by atoms with Crippen molar-refractivity contribution in [3.05, 3.63) is 40.9 Å². The predicted octanol–water partition coefficient (Wildman–Crippen LogP) is 2.78. The fraction of sp³-hybridized carbons (Fsp3) is 0.560. The van der Waals surface area contributed by atoms with Crippen molar-refractivity contribution < 1.29 is 29.3 Å². The Morgan fingerprint density at radius 3 is 2.82 bits per heavy atom. The lowest BCUT2D eigenvalue weighted by Crippen LogP contribution is -2.44. The molecule has 0 unspecified atom stereocenters. The van der Waals surface area contributed by atoms with Crippen molar-refractivity contribution in [1.29, 1.82) is 0 Å². The molecule has 186 valence electrons. The van der Waals surface area contributed by atoms with Crippen molar-refractivity contribution in [1.82, 2.24) is 4.90 Å². The third kappa shape index (κ3) is 5.29. The molecule has 1 aromatic rings. The third-order valence-corrected chi connectivity index (χ3v) is 6.99. The molecule has 8 nitrogen and oxygen atoms in total. The number of likely N-dealkylation sites (tertiary alicyclic amines) is 1. The van der Waals surface area contributed by atoms with E-state index in [1.807, 2.05) is 0 Å². The molecule has 0 aliphatic carbocycles. The van der Waals surface area contributed by atoms with Gasteiger partial charge in [-0.25, -0.2) is 0 Å². The first kappa shape index (κ1) is 26.2. The highest BCUT2D eigenvalue weighted by Gasteiger charge is 2.52. The van der Waals surface area contributed by atoms with Crippen LogP contribution in [0.25, 0.3) is 0 Å². The predicted molar refractivity (Wildman–Crippen MR) is 128 cm³/mol. The van der Waals surface area contributed by atoms with Crippen molar-refractivity contribution in [2.75, 3.05) is 31.7 Å². The molecule has 1 saturated heterocycles. The number of fused-ring (bicyclic) bond motifs is 1. The van der Waals surface area contributed by atoms with Crippen molar-refractivity contribution >= 4 is 35.1 Å². The Bertz CT molecular complexity index is 951. The first-order valence-corrected chi connectivity index (χ1v) is 12.1. The summed E-state index contributed by atoms with van der Waals surface area (Å²) in [5.74, 6) is -1.45. The second-order valence-corrected chi connectivity index (χ2v) is 9.34. The fourth-order valence-corrected chi connectivity index (χ4v) is 4.94. The maximum atomic E-state index is 13.4. The van der Waals surface area contributed by atoms with Gasteiger partial charge in [-0.2, -0.15) is 0 Å². The molecule has 0 radical (unpaired) electrons. The average molecular weight is 493 g/mol. The largest absolute Gasteiger partial charge is 0.469 e. The van der Waals surface area contributed by atoms with Gasteiger partial charge in [0.15, 0.2) is 5.60 Å². The molecule has 3 rings (SSSR count). The summed E-state index contributed by atoms with van der Waals surface area (Å²) >= 11 is 6.19. The minimum absolute atomic E-state index is 0.0485. The Kier molecular flexibility index (Phi) is 8.73. The third-order valence-electron chi connectivity index (χ3n) is 6.76. The van der Waals surface area contributed by atoms with Crippen LogP contribution in [0.2, 0.25) is 5.02 Å². The summed E-state index contributed by atoms with van der Waals surface area (Å²) in [4.78, 5) is 40.6. The van der Waals surface area contributed by atoms with Gasteiger partial charge in [0.25, 0.3) is 5.91 Å². The van der Waals surface area contributed by atoms with Crippen LogP contribution in [0.15, 0.2) is 30.4 Å². The van der Waals surface area contributed by atoms with Crippen LogP contribution in [0.1, 0.15) is 51.0 Å². The topological polar surface area (TPSA) is 107 Å². The lowest BCUT2D eigenvalue weighted by Gasteiger charge is -2.28. The summed E-state index contributed by atoms with van der Waals surface area (Å²) in [6.07, 6.45) is 6.55. The molecule has 2 aliphatic heterocycles. The smallest absolute Gasteiger partial charge is 0.305 e. The Morgan fingerprint density at radius 1 is 1.35 bits per heavy atom. The molecule has 0 bridgehead atoms. The number of anilines is 1. The first-order valence-electron chi connectivity index (χ1n) is 11.7. The van der Waals surface area contributed by atoms with Gasteiger partial charge in [0.2, 0.25) is 5.91 Å². The first-order chi connectivity index (χ1) is 16.2. The normalized spacial score (nSPS) is 23.0. The van der Waals surface area contributed by atoms with Crippen LogP contribution in [0.5, 0.6) is 0 Å². The van der Waals surface area contributed by atoms with Crippen LogP contribution in [-0.4, -0.2) is 65.7 Å². The number of hydrogen-bond acceptors (Lipinski definition) is 6. The van der Waals surface area contributed by atoms with E-state index in [4.69, 9.17) is 11.6 Å². The number of halogens is 1. The summed E-state index contributed by atoms with van der Waals surface area (Å²) in [6, 6.07) is 4.86. The Hall–Kier alpha value is -2.42. The van der Waals surface area contributed by atoms with E-state index in [9.17, 15) is 24.6 Å². The van der Waals surface area contributed by atoms with E-state index in [1.54, 1.807) is 42.2 Å². The zero-order valence-corrected chi connectivity index (χ0v) is 20.5. The van der Waals surface area contributed by atoms with Gasteiger partial charge in [-0.1, -0.05) is 30.7 Å². The summed E-state index contributed by atoms with van der Waals surface area (Å²) in [7, 11) is 1.34. The van der Waals surface area contributed by atoms with Gasteiger partial charge in [-0.3, -0.25) is 14.4 Å². The Balaban J connectivity index is 1.72. The zero-order valence-electron chi connectivity index (χ0n) is 19.7. The van der Waals surface area contributed by atoms with Crippen molar-refractivity contribution in [3.63, 3.8) is 0 Å². The van der Waals surface area contributed by atoms with E-state index in [0.717, 1.165) is 12.8 Å². The highest BCUT2D eigenvalue weighted by Crippen LogP contribution is 2.46. The fourth-order valence-electron chi connectivity index (χ4n) is 4.77. The molecule has 0 spiro atoms. The molecule has 2 heterocycles. The van der Waals surface area contributed by atoms with Crippen LogP contribution in [0.3, 0.4) is 0 Å². The summed E-state index contributed by atoms with van der Waals surface area (Å²) in [5, 5.41) is 21.5. The van der Waals surface area contributed by atoms with Crippen molar-refractivity contribution in [2.24, 2.45) is 5.92 Å². The number of nitrogens with zero attached hydrogens (tertiary/aromatic N) is 2. The molecular weight excluding hydrogens is 460 g/mol. The molecule has 0 saturated carbocycles. The molecule has 3 atom stereocenters. The number of rotatable bonds is 10. The number of carbonyl (C=O) groups is 3. The highest BCUT2D eigenvalue weighted by atomic mass is 35.5. The minimum atomic E-state index is -1.82. The van der Waals surface area contributed by atoms with Crippen LogP contribution < -0.4 is 4.90 Å². The lowest BCUT2D eigenvalue weighted by molar-refractivity contribution is -0.140. The number of amides is 2. The van der Waals surface area contributed by atoms with Crippen LogP contribution >= 0.6 is 11.6 Å². The van der Waals surface area contributed by atoms with Gasteiger partial charge in [0, 0.05) is 42.4 Å². The van der Waals surface area contributed by atoms with E-state index in [0.29, 0.717) is 42.2 Å². The highest BCUT2D eigenvalue weighted by molar-refractivity contribution is 6.31. The molecule has 2 aliphatic rings. The average Bonchev–Trinajstić information content (AvgIpc) is 3.39. The summed E-state index contributed by atoms with van der Waals surface area (Å²) < 4.78 is 4.66. The molecule has 1 aromatic carbocycles. The molecule has 9 heteroatoms.